The minimum atomic E-state index is 0.634. The van der Waals surface area contributed by atoms with Gasteiger partial charge in [0, 0.05) is 17.8 Å². The molecule has 1 aliphatic carbocycles. The van der Waals surface area contributed by atoms with Crippen LogP contribution in [-0.2, 0) is 6.42 Å². The van der Waals surface area contributed by atoms with E-state index in [4.69, 9.17) is 0 Å². The Bertz CT molecular complexity index is 290. The second-order valence-electron chi connectivity index (χ2n) is 4.09. The molecule has 0 saturated heterocycles. The average molecular weight is 190 g/mol. The van der Waals surface area contributed by atoms with E-state index >= 15 is 0 Å². The van der Waals surface area contributed by atoms with Crippen LogP contribution in [0.15, 0.2) is 12.3 Å². The SMILES string of the molecule is CCc1ccnc(C2CCCCC2)n1. The summed E-state index contributed by atoms with van der Waals surface area (Å²) in [6.07, 6.45) is 9.59. The van der Waals surface area contributed by atoms with E-state index in [1.165, 1.54) is 37.8 Å². The summed E-state index contributed by atoms with van der Waals surface area (Å²) in [5.41, 5.74) is 1.18. The van der Waals surface area contributed by atoms with Gasteiger partial charge in [-0.1, -0.05) is 26.2 Å². The molecule has 76 valence electrons. The van der Waals surface area contributed by atoms with Crippen molar-refractivity contribution in [1.29, 1.82) is 0 Å². The summed E-state index contributed by atoms with van der Waals surface area (Å²) in [4.78, 5) is 9.00. The molecule has 0 radical (unpaired) electrons. The lowest BCUT2D eigenvalue weighted by molar-refractivity contribution is 0.427. The molecular weight excluding hydrogens is 172 g/mol. The van der Waals surface area contributed by atoms with Crippen LogP contribution >= 0.6 is 0 Å². The van der Waals surface area contributed by atoms with Crippen molar-refractivity contribution in [2.45, 2.75) is 51.4 Å². The van der Waals surface area contributed by atoms with Crippen molar-refractivity contribution < 1.29 is 0 Å². The zero-order valence-corrected chi connectivity index (χ0v) is 8.87. The normalized spacial score (nSPS) is 18.4. The van der Waals surface area contributed by atoms with Gasteiger partial charge < -0.3 is 0 Å². The molecule has 1 aromatic rings. The first-order chi connectivity index (χ1) is 6.90. The Morgan fingerprint density at radius 2 is 2.07 bits per heavy atom. The predicted octanol–water partition coefficient (Wildman–Crippen LogP) is 3.09. The maximum atomic E-state index is 4.60. The van der Waals surface area contributed by atoms with E-state index in [1.807, 2.05) is 12.3 Å². The summed E-state index contributed by atoms with van der Waals surface area (Å²) < 4.78 is 0. The fourth-order valence-corrected chi connectivity index (χ4v) is 2.17. The smallest absolute Gasteiger partial charge is 0.131 e. The van der Waals surface area contributed by atoms with Crippen molar-refractivity contribution in [2.75, 3.05) is 0 Å². The van der Waals surface area contributed by atoms with Gasteiger partial charge in [-0.3, -0.25) is 0 Å². The summed E-state index contributed by atoms with van der Waals surface area (Å²) in [7, 11) is 0. The third kappa shape index (κ3) is 2.11. The molecule has 0 N–H and O–H groups in total. The molecule has 0 bridgehead atoms. The predicted molar refractivity (Wildman–Crippen MR) is 57.2 cm³/mol. The summed E-state index contributed by atoms with van der Waals surface area (Å²) >= 11 is 0. The van der Waals surface area contributed by atoms with Gasteiger partial charge in [0.1, 0.15) is 5.82 Å². The minimum Gasteiger partial charge on any atom is -0.241 e. The Morgan fingerprint density at radius 1 is 1.29 bits per heavy atom. The molecule has 2 nitrogen and oxygen atoms in total. The van der Waals surface area contributed by atoms with Gasteiger partial charge in [-0.15, -0.1) is 0 Å². The third-order valence-corrected chi connectivity index (χ3v) is 3.06. The maximum Gasteiger partial charge on any atom is 0.131 e. The summed E-state index contributed by atoms with van der Waals surface area (Å²) in [6.45, 7) is 2.15. The highest BCUT2D eigenvalue weighted by molar-refractivity contribution is 5.06. The molecule has 2 heteroatoms. The van der Waals surface area contributed by atoms with Crippen molar-refractivity contribution in [3.63, 3.8) is 0 Å². The molecule has 1 heterocycles. The zero-order chi connectivity index (χ0) is 9.80. The quantitative estimate of drug-likeness (QED) is 0.716. The Hall–Kier alpha value is -0.920. The molecule has 0 aromatic carbocycles. The molecule has 14 heavy (non-hydrogen) atoms. The monoisotopic (exact) mass is 190 g/mol. The molecular formula is C12H18N2. The van der Waals surface area contributed by atoms with E-state index in [0.29, 0.717) is 5.92 Å². The highest BCUT2D eigenvalue weighted by Crippen LogP contribution is 2.30. The van der Waals surface area contributed by atoms with Crippen LogP contribution < -0.4 is 0 Å². The van der Waals surface area contributed by atoms with Gasteiger partial charge in [-0.25, -0.2) is 9.97 Å². The van der Waals surface area contributed by atoms with Gasteiger partial charge in [-0.05, 0) is 25.3 Å². The van der Waals surface area contributed by atoms with E-state index in [9.17, 15) is 0 Å². The molecule has 0 atom stereocenters. The number of nitrogens with zero attached hydrogens (tertiary/aromatic N) is 2. The molecule has 0 aliphatic heterocycles. The lowest BCUT2D eigenvalue weighted by Crippen LogP contribution is -2.09. The van der Waals surface area contributed by atoms with Crippen LogP contribution in [0.5, 0.6) is 0 Å². The van der Waals surface area contributed by atoms with Crippen LogP contribution in [0.25, 0.3) is 0 Å². The Balaban J connectivity index is 2.13. The molecule has 1 saturated carbocycles. The fraction of sp³-hybridized carbons (Fsp3) is 0.667. The van der Waals surface area contributed by atoms with E-state index in [2.05, 4.69) is 16.9 Å². The molecule has 0 amide bonds. The maximum absolute atomic E-state index is 4.60. The Kier molecular flexibility index (Phi) is 3.12. The van der Waals surface area contributed by atoms with Crippen LogP contribution in [0.1, 0.15) is 56.5 Å². The summed E-state index contributed by atoms with van der Waals surface area (Å²) in [5.74, 6) is 1.72. The topological polar surface area (TPSA) is 25.8 Å². The van der Waals surface area contributed by atoms with Gasteiger partial charge in [-0.2, -0.15) is 0 Å². The lowest BCUT2D eigenvalue weighted by Gasteiger charge is -2.20. The minimum absolute atomic E-state index is 0.634. The number of aryl methyl sites for hydroxylation is 1. The molecule has 0 spiro atoms. The van der Waals surface area contributed by atoms with Gasteiger partial charge in [0.25, 0.3) is 0 Å². The van der Waals surface area contributed by atoms with Crippen LogP contribution in [0.3, 0.4) is 0 Å². The highest BCUT2D eigenvalue weighted by atomic mass is 14.9. The molecule has 0 unspecified atom stereocenters. The number of aromatic nitrogens is 2. The van der Waals surface area contributed by atoms with E-state index in [0.717, 1.165) is 12.2 Å². The van der Waals surface area contributed by atoms with Crippen LogP contribution in [-0.4, -0.2) is 9.97 Å². The number of hydrogen-bond acceptors (Lipinski definition) is 2. The zero-order valence-electron chi connectivity index (χ0n) is 8.87. The van der Waals surface area contributed by atoms with Gasteiger partial charge in [0.15, 0.2) is 0 Å². The highest BCUT2D eigenvalue weighted by Gasteiger charge is 2.17. The number of hydrogen-bond donors (Lipinski definition) is 0. The van der Waals surface area contributed by atoms with Gasteiger partial charge in [0.05, 0.1) is 0 Å². The third-order valence-electron chi connectivity index (χ3n) is 3.06. The van der Waals surface area contributed by atoms with Gasteiger partial charge >= 0.3 is 0 Å². The fourth-order valence-electron chi connectivity index (χ4n) is 2.17. The second kappa shape index (κ2) is 4.54. The lowest BCUT2D eigenvalue weighted by atomic mass is 9.88. The van der Waals surface area contributed by atoms with Crippen LogP contribution in [0.2, 0.25) is 0 Å². The van der Waals surface area contributed by atoms with Crippen LogP contribution in [0, 0.1) is 0 Å². The Morgan fingerprint density at radius 3 is 2.79 bits per heavy atom. The second-order valence-corrected chi connectivity index (χ2v) is 4.09. The van der Waals surface area contributed by atoms with E-state index < -0.39 is 0 Å². The van der Waals surface area contributed by atoms with Crippen molar-refractivity contribution >= 4 is 0 Å². The van der Waals surface area contributed by atoms with E-state index in [-0.39, 0.29) is 0 Å². The van der Waals surface area contributed by atoms with E-state index in [1.54, 1.807) is 0 Å². The van der Waals surface area contributed by atoms with Crippen LogP contribution in [0.4, 0.5) is 0 Å². The Labute approximate surface area is 85.8 Å². The molecule has 2 rings (SSSR count). The first-order valence-corrected chi connectivity index (χ1v) is 5.72. The van der Waals surface area contributed by atoms with Crippen molar-refractivity contribution in [1.82, 2.24) is 9.97 Å². The standard InChI is InChI=1S/C12H18N2/c1-2-11-8-9-13-12(14-11)10-6-4-3-5-7-10/h8-10H,2-7H2,1H3. The largest absolute Gasteiger partial charge is 0.241 e. The molecule has 1 aromatic heterocycles. The summed E-state index contributed by atoms with van der Waals surface area (Å²) in [6, 6.07) is 2.02. The molecule has 1 fully saturated rings. The molecule has 1 aliphatic rings. The first-order valence-electron chi connectivity index (χ1n) is 5.72. The van der Waals surface area contributed by atoms with Gasteiger partial charge in [0.2, 0.25) is 0 Å². The number of rotatable bonds is 2. The summed E-state index contributed by atoms with van der Waals surface area (Å²) in [5, 5.41) is 0. The average Bonchev–Trinajstić information content (AvgIpc) is 2.30. The first kappa shape index (κ1) is 9.63. The van der Waals surface area contributed by atoms with Crippen molar-refractivity contribution in [2.24, 2.45) is 0 Å². The van der Waals surface area contributed by atoms with Crippen molar-refractivity contribution in [3.8, 4) is 0 Å². The van der Waals surface area contributed by atoms with Crippen molar-refractivity contribution in [3.05, 3.63) is 23.8 Å².